The number of imidazole rings is 1. The van der Waals surface area contributed by atoms with Crippen LogP contribution in [0.2, 0.25) is 0 Å². The highest BCUT2D eigenvalue weighted by Gasteiger charge is 2.25. The zero-order chi connectivity index (χ0) is 17.2. The number of carbonyl (C=O) groups is 1. The number of aromatic amines is 1. The molecule has 1 aromatic heterocycles. The van der Waals surface area contributed by atoms with E-state index in [2.05, 4.69) is 15.3 Å². The maximum Gasteiger partial charge on any atom is 0.220 e. The van der Waals surface area contributed by atoms with Crippen LogP contribution in [0.4, 0.5) is 0 Å². The van der Waals surface area contributed by atoms with Gasteiger partial charge in [0.2, 0.25) is 15.9 Å². The molecule has 1 aliphatic heterocycles. The van der Waals surface area contributed by atoms with Crippen LogP contribution in [0.25, 0.3) is 11.0 Å². The van der Waals surface area contributed by atoms with E-state index in [1.807, 2.05) is 24.3 Å². The van der Waals surface area contributed by atoms with Crippen LogP contribution in [0.15, 0.2) is 24.3 Å². The molecule has 3 rings (SSSR count). The first kappa shape index (κ1) is 16.9. The lowest BCUT2D eigenvalue weighted by atomic mass is 10.1. The molecule has 1 fully saturated rings. The van der Waals surface area contributed by atoms with Gasteiger partial charge in [0, 0.05) is 32.0 Å². The molecule has 1 aromatic carbocycles. The highest BCUT2D eigenvalue weighted by Crippen LogP contribution is 2.14. The number of hydrogen-bond donors (Lipinski definition) is 2. The molecule has 0 saturated carbocycles. The third-order valence-electron chi connectivity index (χ3n) is 4.32. The molecule has 0 radical (unpaired) electrons. The summed E-state index contributed by atoms with van der Waals surface area (Å²) in [5.74, 6) is 0.784. The van der Waals surface area contributed by atoms with E-state index in [4.69, 9.17) is 0 Å². The second-order valence-corrected chi connectivity index (χ2v) is 8.19. The number of piperidine rings is 1. The van der Waals surface area contributed by atoms with Gasteiger partial charge in [0.25, 0.3) is 0 Å². The smallest absolute Gasteiger partial charge is 0.220 e. The van der Waals surface area contributed by atoms with Crippen LogP contribution in [0.5, 0.6) is 0 Å². The van der Waals surface area contributed by atoms with Crippen molar-refractivity contribution in [2.45, 2.75) is 31.7 Å². The number of amides is 1. The van der Waals surface area contributed by atoms with Crippen molar-refractivity contribution < 1.29 is 13.2 Å². The Morgan fingerprint density at radius 2 is 2.04 bits per heavy atom. The van der Waals surface area contributed by atoms with Crippen molar-refractivity contribution in [1.82, 2.24) is 19.6 Å². The van der Waals surface area contributed by atoms with Crippen molar-refractivity contribution in [2.75, 3.05) is 19.3 Å². The molecular weight excluding hydrogens is 328 g/mol. The molecule has 0 unspecified atom stereocenters. The maximum absolute atomic E-state index is 12.1. The zero-order valence-electron chi connectivity index (χ0n) is 13.7. The normalized spacial score (nSPS) is 17.2. The SMILES string of the molecule is CS(=O)(=O)N1CCC(NC(=O)CCc2nc3ccccc3[nH]2)CC1. The summed E-state index contributed by atoms with van der Waals surface area (Å²) in [5.41, 5.74) is 1.88. The fourth-order valence-corrected chi connectivity index (χ4v) is 3.86. The highest BCUT2D eigenvalue weighted by molar-refractivity contribution is 7.88. The largest absolute Gasteiger partial charge is 0.353 e. The van der Waals surface area contributed by atoms with Gasteiger partial charge in [0.1, 0.15) is 5.82 Å². The Bertz CT molecular complexity index is 790. The summed E-state index contributed by atoms with van der Waals surface area (Å²) < 4.78 is 24.4. The molecule has 0 aliphatic carbocycles. The van der Waals surface area contributed by atoms with E-state index in [1.165, 1.54) is 10.6 Å². The number of H-pyrrole nitrogens is 1. The zero-order valence-corrected chi connectivity index (χ0v) is 14.5. The van der Waals surface area contributed by atoms with E-state index < -0.39 is 10.0 Å². The standard InChI is InChI=1S/C16H22N4O3S/c1-24(22,23)20-10-8-12(9-11-20)17-16(21)7-6-15-18-13-4-2-3-5-14(13)19-15/h2-5,12H,6-11H2,1H3,(H,17,21)(H,18,19). The molecule has 1 aliphatic rings. The Balaban J connectivity index is 1.46. The van der Waals surface area contributed by atoms with Crippen LogP contribution >= 0.6 is 0 Å². The van der Waals surface area contributed by atoms with Gasteiger partial charge < -0.3 is 10.3 Å². The number of aromatic nitrogens is 2. The van der Waals surface area contributed by atoms with Crippen molar-refractivity contribution in [3.05, 3.63) is 30.1 Å². The minimum absolute atomic E-state index is 0.0201. The quantitative estimate of drug-likeness (QED) is 0.842. The Morgan fingerprint density at radius 1 is 1.33 bits per heavy atom. The van der Waals surface area contributed by atoms with Crippen molar-refractivity contribution >= 4 is 27.0 Å². The van der Waals surface area contributed by atoms with E-state index in [0.717, 1.165) is 16.9 Å². The lowest BCUT2D eigenvalue weighted by Crippen LogP contribution is -2.46. The van der Waals surface area contributed by atoms with E-state index >= 15 is 0 Å². The summed E-state index contributed by atoms with van der Waals surface area (Å²) in [6.07, 6.45) is 3.46. The van der Waals surface area contributed by atoms with E-state index in [9.17, 15) is 13.2 Å². The van der Waals surface area contributed by atoms with Crippen molar-refractivity contribution in [1.29, 1.82) is 0 Å². The minimum Gasteiger partial charge on any atom is -0.353 e. The van der Waals surface area contributed by atoms with E-state index in [-0.39, 0.29) is 11.9 Å². The van der Waals surface area contributed by atoms with Crippen LogP contribution < -0.4 is 5.32 Å². The molecule has 0 bridgehead atoms. The second-order valence-electron chi connectivity index (χ2n) is 6.20. The molecular formula is C16H22N4O3S. The molecule has 1 amide bonds. The monoisotopic (exact) mass is 350 g/mol. The number of nitrogens with one attached hydrogen (secondary N) is 2. The number of para-hydroxylation sites is 2. The van der Waals surface area contributed by atoms with Crippen LogP contribution in [0, 0.1) is 0 Å². The van der Waals surface area contributed by atoms with Crippen molar-refractivity contribution in [3.63, 3.8) is 0 Å². The van der Waals surface area contributed by atoms with Gasteiger partial charge in [-0.3, -0.25) is 4.79 Å². The van der Waals surface area contributed by atoms with Gasteiger partial charge in [-0.2, -0.15) is 0 Å². The van der Waals surface area contributed by atoms with Gasteiger partial charge in [-0.25, -0.2) is 17.7 Å². The second kappa shape index (κ2) is 6.90. The number of carbonyl (C=O) groups excluding carboxylic acids is 1. The van der Waals surface area contributed by atoms with Crippen molar-refractivity contribution in [2.24, 2.45) is 0 Å². The lowest BCUT2D eigenvalue weighted by molar-refractivity contribution is -0.122. The first-order chi connectivity index (χ1) is 11.4. The van der Waals surface area contributed by atoms with E-state index in [1.54, 1.807) is 0 Å². The van der Waals surface area contributed by atoms with Crippen LogP contribution in [0.3, 0.4) is 0 Å². The first-order valence-corrected chi connectivity index (χ1v) is 9.95. The molecule has 0 atom stereocenters. The number of rotatable bonds is 5. The van der Waals surface area contributed by atoms with Crippen LogP contribution in [-0.2, 0) is 21.2 Å². The topological polar surface area (TPSA) is 95.2 Å². The number of hydrogen-bond acceptors (Lipinski definition) is 4. The summed E-state index contributed by atoms with van der Waals surface area (Å²) in [4.78, 5) is 19.8. The molecule has 7 nitrogen and oxygen atoms in total. The highest BCUT2D eigenvalue weighted by atomic mass is 32.2. The Morgan fingerprint density at radius 3 is 2.71 bits per heavy atom. The van der Waals surface area contributed by atoms with Gasteiger partial charge in [0.15, 0.2) is 0 Å². The molecule has 130 valence electrons. The third kappa shape index (κ3) is 4.12. The molecule has 1 saturated heterocycles. The number of benzene rings is 1. The Labute approximate surface area is 141 Å². The fourth-order valence-electron chi connectivity index (χ4n) is 2.99. The molecule has 2 aromatic rings. The number of sulfonamides is 1. The maximum atomic E-state index is 12.1. The fraction of sp³-hybridized carbons (Fsp3) is 0.500. The van der Waals surface area contributed by atoms with Gasteiger partial charge in [-0.05, 0) is 25.0 Å². The summed E-state index contributed by atoms with van der Waals surface area (Å²) in [5, 5.41) is 2.99. The molecule has 2 N–H and O–H groups in total. The van der Waals surface area contributed by atoms with Gasteiger partial charge in [-0.15, -0.1) is 0 Å². The number of fused-ring (bicyclic) bond motifs is 1. The van der Waals surface area contributed by atoms with Gasteiger partial charge in [0.05, 0.1) is 17.3 Å². The number of aryl methyl sites for hydroxylation is 1. The summed E-state index contributed by atoms with van der Waals surface area (Å²) in [6.45, 7) is 0.931. The molecule has 2 heterocycles. The third-order valence-corrected chi connectivity index (χ3v) is 5.62. The molecule has 24 heavy (non-hydrogen) atoms. The first-order valence-electron chi connectivity index (χ1n) is 8.10. The molecule has 0 spiro atoms. The van der Waals surface area contributed by atoms with Gasteiger partial charge >= 0.3 is 0 Å². The summed E-state index contributed by atoms with van der Waals surface area (Å²) >= 11 is 0. The van der Waals surface area contributed by atoms with E-state index in [0.29, 0.717) is 38.8 Å². The Kier molecular flexibility index (Phi) is 4.86. The average molecular weight is 350 g/mol. The summed E-state index contributed by atoms with van der Waals surface area (Å²) in [7, 11) is -3.13. The number of nitrogens with zero attached hydrogens (tertiary/aromatic N) is 2. The van der Waals surface area contributed by atoms with Crippen molar-refractivity contribution in [3.8, 4) is 0 Å². The Hall–Kier alpha value is -1.93. The lowest BCUT2D eigenvalue weighted by Gasteiger charge is -2.30. The van der Waals surface area contributed by atoms with Crippen LogP contribution in [-0.4, -0.2) is 54.0 Å². The minimum atomic E-state index is -3.13. The predicted molar refractivity (Wildman–Crippen MR) is 92.0 cm³/mol. The predicted octanol–water partition coefficient (Wildman–Crippen LogP) is 1.04. The average Bonchev–Trinajstić information content (AvgIpc) is 2.95. The molecule has 8 heteroatoms. The summed E-state index contributed by atoms with van der Waals surface area (Å²) in [6, 6.07) is 7.82. The van der Waals surface area contributed by atoms with Crippen LogP contribution in [0.1, 0.15) is 25.1 Å². The van der Waals surface area contributed by atoms with Gasteiger partial charge in [-0.1, -0.05) is 12.1 Å².